The van der Waals surface area contributed by atoms with Gasteiger partial charge in [-0.3, -0.25) is 14.3 Å². The minimum atomic E-state index is -0.239. The molecule has 1 N–H and O–H groups in total. The molecule has 1 aromatic carbocycles. The smallest absolute Gasteiger partial charge is 0.226 e. The highest BCUT2D eigenvalue weighted by atomic mass is 16.5. The Morgan fingerprint density at radius 3 is 2.71 bits per heavy atom. The van der Waals surface area contributed by atoms with Crippen molar-refractivity contribution in [1.29, 1.82) is 0 Å². The van der Waals surface area contributed by atoms with Gasteiger partial charge in [-0.1, -0.05) is 0 Å². The summed E-state index contributed by atoms with van der Waals surface area (Å²) in [4.78, 5) is 24.2. The maximum Gasteiger partial charge on any atom is 0.226 e. The molecular formula is C17H19N3O4. The second kappa shape index (κ2) is 7.16. The first kappa shape index (κ1) is 16.0. The van der Waals surface area contributed by atoms with Gasteiger partial charge in [-0.15, -0.1) is 0 Å². The number of ketones is 1. The maximum absolute atomic E-state index is 12.3. The van der Waals surface area contributed by atoms with E-state index in [0.29, 0.717) is 36.1 Å². The van der Waals surface area contributed by atoms with E-state index >= 15 is 0 Å². The minimum absolute atomic E-state index is 0.101. The van der Waals surface area contributed by atoms with Crippen LogP contribution < -0.4 is 14.8 Å². The van der Waals surface area contributed by atoms with Crippen LogP contribution in [-0.4, -0.2) is 34.7 Å². The van der Waals surface area contributed by atoms with Crippen LogP contribution in [0.25, 0.3) is 0 Å². The van der Waals surface area contributed by atoms with Gasteiger partial charge in [-0.2, -0.15) is 5.10 Å². The second-order valence-corrected chi connectivity index (χ2v) is 5.56. The van der Waals surface area contributed by atoms with E-state index in [1.54, 1.807) is 42.2 Å². The molecule has 0 saturated carbocycles. The lowest BCUT2D eigenvalue weighted by Crippen LogP contribution is -2.14. The Kier molecular flexibility index (Phi) is 4.79. The fourth-order valence-electron chi connectivity index (χ4n) is 2.40. The van der Waals surface area contributed by atoms with E-state index in [1.165, 1.54) is 0 Å². The molecule has 2 aromatic rings. The zero-order chi connectivity index (χ0) is 16.9. The molecule has 7 nitrogen and oxygen atoms in total. The van der Waals surface area contributed by atoms with Crippen LogP contribution in [0.15, 0.2) is 30.5 Å². The van der Waals surface area contributed by atoms with Crippen molar-refractivity contribution < 1.29 is 19.1 Å². The molecule has 7 heteroatoms. The average Bonchev–Trinajstić information content (AvgIpc) is 2.84. The fourth-order valence-corrected chi connectivity index (χ4v) is 2.40. The predicted octanol–water partition coefficient (Wildman–Crippen LogP) is 2.18. The Labute approximate surface area is 139 Å². The number of hydrogen-bond donors (Lipinski definition) is 1. The van der Waals surface area contributed by atoms with Gasteiger partial charge in [0.25, 0.3) is 0 Å². The van der Waals surface area contributed by atoms with Gasteiger partial charge in [-0.25, -0.2) is 0 Å². The van der Waals surface area contributed by atoms with Gasteiger partial charge in [-0.05, 0) is 18.2 Å². The van der Waals surface area contributed by atoms with Gasteiger partial charge in [0.05, 0.1) is 13.2 Å². The molecule has 1 aromatic heterocycles. The lowest BCUT2D eigenvalue weighted by molar-refractivity contribution is -0.116. The number of carbonyl (C=O) groups excluding carboxylic acids is 2. The summed E-state index contributed by atoms with van der Waals surface area (Å²) in [5, 5.41) is 6.72. The minimum Gasteiger partial charge on any atom is -0.490 e. The molecule has 0 unspecified atom stereocenters. The van der Waals surface area contributed by atoms with Crippen LogP contribution in [0, 0.1) is 0 Å². The van der Waals surface area contributed by atoms with Gasteiger partial charge in [0.2, 0.25) is 5.91 Å². The molecule has 0 aliphatic carbocycles. The highest BCUT2D eigenvalue weighted by molar-refractivity contribution is 6.00. The third kappa shape index (κ3) is 3.92. The summed E-state index contributed by atoms with van der Waals surface area (Å²) in [7, 11) is 1.77. The van der Waals surface area contributed by atoms with Crippen LogP contribution >= 0.6 is 0 Å². The molecule has 0 saturated heterocycles. The number of amides is 1. The summed E-state index contributed by atoms with van der Waals surface area (Å²) >= 11 is 0. The van der Waals surface area contributed by atoms with Crippen molar-refractivity contribution >= 4 is 17.5 Å². The number of nitrogens with zero attached hydrogens (tertiary/aromatic N) is 2. The summed E-state index contributed by atoms with van der Waals surface area (Å²) in [5.41, 5.74) is 0.518. The Bertz CT molecular complexity index is 754. The Hall–Kier alpha value is -2.83. The highest BCUT2D eigenvalue weighted by Crippen LogP contribution is 2.30. The number of benzene rings is 1. The van der Waals surface area contributed by atoms with Crippen molar-refractivity contribution in [3.05, 3.63) is 36.0 Å². The van der Waals surface area contributed by atoms with Crippen LogP contribution in [0.1, 0.15) is 29.6 Å². The van der Waals surface area contributed by atoms with Crippen molar-refractivity contribution in [2.24, 2.45) is 7.05 Å². The largest absolute Gasteiger partial charge is 0.490 e. The van der Waals surface area contributed by atoms with Crippen LogP contribution in [0.3, 0.4) is 0 Å². The van der Waals surface area contributed by atoms with E-state index in [1.807, 2.05) is 0 Å². The van der Waals surface area contributed by atoms with Crippen LogP contribution in [0.5, 0.6) is 11.5 Å². The molecule has 126 valence electrons. The number of anilines is 1. The van der Waals surface area contributed by atoms with Crippen molar-refractivity contribution in [2.45, 2.75) is 19.3 Å². The molecule has 1 aliphatic rings. The van der Waals surface area contributed by atoms with E-state index in [4.69, 9.17) is 9.47 Å². The zero-order valence-electron chi connectivity index (χ0n) is 13.4. The van der Waals surface area contributed by atoms with Crippen LogP contribution in [-0.2, 0) is 11.8 Å². The van der Waals surface area contributed by atoms with Crippen LogP contribution in [0.4, 0.5) is 5.82 Å². The van der Waals surface area contributed by atoms with E-state index in [0.717, 1.165) is 6.42 Å². The SMILES string of the molecule is Cn1ccc(NC(=O)CCC(=O)c2ccc3c(c2)OCCCO3)n1. The molecule has 24 heavy (non-hydrogen) atoms. The van der Waals surface area contributed by atoms with Crippen molar-refractivity contribution in [3.8, 4) is 11.5 Å². The summed E-state index contributed by atoms with van der Waals surface area (Å²) < 4.78 is 12.7. The van der Waals surface area contributed by atoms with E-state index in [2.05, 4.69) is 10.4 Å². The van der Waals surface area contributed by atoms with Gasteiger partial charge in [0.1, 0.15) is 0 Å². The summed E-state index contributed by atoms with van der Waals surface area (Å²) in [5.74, 6) is 1.36. The highest BCUT2D eigenvalue weighted by Gasteiger charge is 2.15. The quantitative estimate of drug-likeness (QED) is 0.850. The number of hydrogen-bond acceptors (Lipinski definition) is 5. The van der Waals surface area contributed by atoms with Gasteiger partial charge in [0, 0.05) is 44.1 Å². The first-order valence-corrected chi connectivity index (χ1v) is 7.84. The third-order valence-corrected chi connectivity index (χ3v) is 3.63. The monoisotopic (exact) mass is 329 g/mol. The lowest BCUT2D eigenvalue weighted by atomic mass is 10.1. The lowest BCUT2D eigenvalue weighted by Gasteiger charge is -2.08. The standard InChI is InChI=1S/C17H19N3O4/c1-20-8-7-16(19-20)18-17(22)6-4-13(21)12-3-5-14-15(11-12)24-10-2-9-23-14/h3,5,7-8,11H,2,4,6,9-10H2,1H3,(H,18,19,22). The third-order valence-electron chi connectivity index (χ3n) is 3.63. The molecule has 1 amide bonds. The summed E-state index contributed by atoms with van der Waals surface area (Å²) in [6, 6.07) is 6.82. The zero-order valence-corrected chi connectivity index (χ0v) is 13.4. The average molecular weight is 329 g/mol. The number of Topliss-reactive ketones (excluding diaryl/α,β-unsaturated/α-hetero) is 1. The predicted molar refractivity (Wildman–Crippen MR) is 87.5 cm³/mol. The van der Waals surface area contributed by atoms with Gasteiger partial charge >= 0.3 is 0 Å². The Morgan fingerprint density at radius 2 is 1.96 bits per heavy atom. The molecule has 2 heterocycles. The van der Waals surface area contributed by atoms with Crippen molar-refractivity contribution in [2.75, 3.05) is 18.5 Å². The number of carbonyl (C=O) groups is 2. The van der Waals surface area contributed by atoms with Gasteiger partial charge < -0.3 is 14.8 Å². The number of rotatable bonds is 5. The second-order valence-electron chi connectivity index (χ2n) is 5.56. The van der Waals surface area contributed by atoms with E-state index in [9.17, 15) is 9.59 Å². The number of aryl methyl sites for hydroxylation is 1. The van der Waals surface area contributed by atoms with E-state index in [-0.39, 0.29) is 24.5 Å². The first-order valence-electron chi connectivity index (χ1n) is 7.84. The molecular weight excluding hydrogens is 310 g/mol. The molecule has 0 bridgehead atoms. The number of nitrogens with one attached hydrogen (secondary N) is 1. The van der Waals surface area contributed by atoms with Crippen LogP contribution in [0.2, 0.25) is 0 Å². The molecule has 1 aliphatic heterocycles. The molecule has 0 fully saturated rings. The summed E-state index contributed by atoms with van der Waals surface area (Å²) in [6.45, 7) is 1.17. The molecule has 0 spiro atoms. The molecule has 3 rings (SSSR count). The van der Waals surface area contributed by atoms with E-state index < -0.39 is 0 Å². The topological polar surface area (TPSA) is 82.5 Å². The summed E-state index contributed by atoms with van der Waals surface area (Å²) in [6.07, 6.45) is 2.77. The number of aromatic nitrogens is 2. The fraction of sp³-hybridized carbons (Fsp3) is 0.353. The normalized spacial score (nSPS) is 13.2. The molecule has 0 atom stereocenters. The first-order chi connectivity index (χ1) is 11.6. The number of ether oxygens (including phenoxy) is 2. The van der Waals surface area contributed by atoms with Crippen molar-refractivity contribution in [1.82, 2.24) is 9.78 Å². The number of fused-ring (bicyclic) bond motifs is 1. The Balaban J connectivity index is 1.56. The van der Waals surface area contributed by atoms with Crippen molar-refractivity contribution in [3.63, 3.8) is 0 Å². The van der Waals surface area contributed by atoms with Gasteiger partial charge in [0.15, 0.2) is 23.1 Å². The molecule has 0 radical (unpaired) electrons. The maximum atomic E-state index is 12.3. The Morgan fingerprint density at radius 1 is 1.17 bits per heavy atom.